The maximum atomic E-state index is 13.2. The third-order valence-corrected chi connectivity index (χ3v) is 7.90. The molecule has 8 heteroatoms. The predicted octanol–water partition coefficient (Wildman–Crippen LogP) is 3.78. The summed E-state index contributed by atoms with van der Waals surface area (Å²) in [6.45, 7) is 0.690. The maximum Gasteiger partial charge on any atom is 0.315 e. The van der Waals surface area contributed by atoms with E-state index in [1.807, 2.05) is 0 Å². The van der Waals surface area contributed by atoms with Crippen LogP contribution in [0.15, 0.2) is 29.2 Å². The molecule has 1 aromatic rings. The van der Waals surface area contributed by atoms with Crippen LogP contribution in [0, 0.1) is 5.82 Å². The van der Waals surface area contributed by atoms with Gasteiger partial charge in [0.05, 0.1) is 4.90 Å². The van der Waals surface area contributed by atoms with Crippen molar-refractivity contribution in [1.82, 2.24) is 14.9 Å². The third-order valence-electron chi connectivity index (χ3n) is 5.93. The molecule has 0 spiro atoms. The Hall–Kier alpha value is -1.67. The summed E-state index contributed by atoms with van der Waals surface area (Å²) in [5, 5.41) is 5.94. The zero-order chi connectivity index (χ0) is 20.7. The largest absolute Gasteiger partial charge is 0.337 e. The Labute approximate surface area is 173 Å². The van der Waals surface area contributed by atoms with E-state index in [2.05, 4.69) is 10.6 Å². The highest BCUT2D eigenvalue weighted by Gasteiger charge is 2.33. The number of sulfonamides is 1. The molecule has 6 nitrogen and oxygen atoms in total. The number of amides is 2. The fraction of sp³-hybridized carbons (Fsp3) is 0.667. The maximum absolute atomic E-state index is 13.2. The number of hydrogen-bond acceptors (Lipinski definition) is 3. The molecule has 1 saturated heterocycles. The molecule has 2 N–H and O–H groups in total. The van der Waals surface area contributed by atoms with E-state index in [1.165, 1.54) is 35.7 Å². The van der Waals surface area contributed by atoms with Crippen LogP contribution in [-0.2, 0) is 10.0 Å². The Morgan fingerprint density at radius 2 is 1.59 bits per heavy atom. The molecule has 2 aliphatic rings. The van der Waals surface area contributed by atoms with Crippen molar-refractivity contribution < 1.29 is 17.6 Å². The van der Waals surface area contributed by atoms with Gasteiger partial charge in [-0.05, 0) is 49.9 Å². The SMILES string of the molecule is O=C(NCC1CCCCN1S(=O)(=O)c1ccc(F)cc1)NC1CCCCCCC1. The van der Waals surface area contributed by atoms with Crippen molar-refractivity contribution in [3.63, 3.8) is 0 Å². The summed E-state index contributed by atoms with van der Waals surface area (Å²) in [7, 11) is -3.72. The average molecular weight is 426 g/mol. The number of nitrogens with zero attached hydrogens (tertiary/aromatic N) is 1. The highest BCUT2D eigenvalue weighted by molar-refractivity contribution is 7.89. The molecule has 1 aliphatic heterocycles. The third kappa shape index (κ3) is 6.15. The molecule has 1 atom stereocenters. The number of benzene rings is 1. The molecule has 1 aromatic carbocycles. The van der Waals surface area contributed by atoms with Gasteiger partial charge in [0, 0.05) is 25.2 Å². The molecule has 0 radical (unpaired) electrons. The van der Waals surface area contributed by atoms with Crippen LogP contribution in [0.5, 0.6) is 0 Å². The Morgan fingerprint density at radius 1 is 0.966 bits per heavy atom. The molecule has 3 rings (SSSR count). The van der Waals surface area contributed by atoms with Crippen LogP contribution in [0.4, 0.5) is 9.18 Å². The Balaban J connectivity index is 1.58. The second-order valence-corrected chi connectivity index (χ2v) is 10.0. The lowest BCUT2D eigenvalue weighted by molar-refractivity contribution is 0.219. The minimum Gasteiger partial charge on any atom is -0.337 e. The van der Waals surface area contributed by atoms with Gasteiger partial charge in [0.2, 0.25) is 10.0 Å². The minimum atomic E-state index is -3.72. The summed E-state index contributed by atoms with van der Waals surface area (Å²) in [5.74, 6) is -0.466. The molecular formula is C21H32FN3O3S. The average Bonchev–Trinajstić information content (AvgIpc) is 2.69. The van der Waals surface area contributed by atoms with E-state index in [0.717, 1.165) is 50.7 Å². The first kappa shape index (κ1) is 22.0. The lowest BCUT2D eigenvalue weighted by Crippen LogP contribution is -2.51. The number of hydrogen-bond donors (Lipinski definition) is 2. The van der Waals surface area contributed by atoms with E-state index in [-0.39, 0.29) is 29.6 Å². The van der Waals surface area contributed by atoms with Gasteiger partial charge in [-0.25, -0.2) is 17.6 Å². The Bertz CT molecular complexity index is 762. The smallest absolute Gasteiger partial charge is 0.315 e. The van der Waals surface area contributed by atoms with Crippen LogP contribution in [-0.4, -0.2) is 43.9 Å². The van der Waals surface area contributed by atoms with Crippen LogP contribution < -0.4 is 10.6 Å². The van der Waals surface area contributed by atoms with Crippen molar-refractivity contribution in [3.05, 3.63) is 30.1 Å². The van der Waals surface area contributed by atoms with Crippen molar-refractivity contribution in [1.29, 1.82) is 0 Å². The summed E-state index contributed by atoms with van der Waals surface area (Å²) >= 11 is 0. The van der Waals surface area contributed by atoms with E-state index in [0.29, 0.717) is 13.0 Å². The topological polar surface area (TPSA) is 78.5 Å². The van der Waals surface area contributed by atoms with Crippen molar-refractivity contribution in [2.75, 3.05) is 13.1 Å². The van der Waals surface area contributed by atoms with Crippen LogP contribution in [0.3, 0.4) is 0 Å². The monoisotopic (exact) mass is 425 g/mol. The van der Waals surface area contributed by atoms with Gasteiger partial charge < -0.3 is 10.6 Å². The number of carbonyl (C=O) groups is 1. The summed E-state index contributed by atoms with van der Waals surface area (Å²) in [4.78, 5) is 12.5. The molecule has 2 amide bonds. The fourth-order valence-electron chi connectivity index (χ4n) is 4.28. The number of nitrogens with one attached hydrogen (secondary N) is 2. The summed E-state index contributed by atoms with van der Waals surface area (Å²) in [6.07, 6.45) is 10.4. The zero-order valence-corrected chi connectivity index (χ0v) is 17.7. The van der Waals surface area contributed by atoms with Gasteiger partial charge in [-0.1, -0.05) is 38.5 Å². The number of urea groups is 1. The molecule has 162 valence electrons. The second kappa shape index (κ2) is 10.4. The van der Waals surface area contributed by atoms with Gasteiger partial charge in [0.15, 0.2) is 0 Å². The lowest BCUT2D eigenvalue weighted by atomic mass is 9.97. The van der Waals surface area contributed by atoms with Gasteiger partial charge in [-0.2, -0.15) is 4.31 Å². The Morgan fingerprint density at radius 3 is 2.28 bits per heavy atom. The van der Waals surface area contributed by atoms with E-state index >= 15 is 0 Å². The molecule has 1 unspecified atom stereocenters. The van der Waals surface area contributed by atoms with E-state index in [9.17, 15) is 17.6 Å². The van der Waals surface area contributed by atoms with Gasteiger partial charge in [-0.3, -0.25) is 0 Å². The lowest BCUT2D eigenvalue weighted by Gasteiger charge is -2.35. The first-order valence-electron chi connectivity index (χ1n) is 10.8. The van der Waals surface area contributed by atoms with Gasteiger partial charge in [0.25, 0.3) is 0 Å². The number of rotatable bonds is 5. The van der Waals surface area contributed by atoms with Crippen LogP contribution in [0.25, 0.3) is 0 Å². The molecule has 1 aliphatic carbocycles. The molecule has 29 heavy (non-hydrogen) atoms. The molecule has 0 aromatic heterocycles. The molecule has 1 saturated carbocycles. The van der Waals surface area contributed by atoms with Crippen molar-refractivity contribution in [2.45, 2.75) is 81.2 Å². The fourth-order valence-corrected chi connectivity index (χ4v) is 5.98. The van der Waals surface area contributed by atoms with Crippen molar-refractivity contribution >= 4 is 16.1 Å². The quantitative estimate of drug-likeness (QED) is 0.754. The minimum absolute atomic E-state index is 0.0878. The molecule has 2 fully saturated rings. The van der Waals surface area contributed by atoms with Gasteiger partial charge in [0.1, 0.15) is 5.82 Å². The molecule has 0 bridgehead atoms. The van der Waals surface area contributed by atoms with Crippen molar-refractivity contribution in [3.8, 4) is 0 Å². The zero-order valence-electron chi connectivity index (χ0n) is 16.9. The van der Waals surface area contributed by atoms with Crippen LogP contribution in [0.1, 0.15) is 64.2 Å². The number of halogens is 1. The standard InChI is InChI=1S/C21H32FN3O3S/c22-17-11-13-20(14-12-17)29(27,28)25-15-7-6-10-19(25)16-23-21(26)24-18-8-4-2-1-3-5-9-18/h11-14,18-19H,1-10,15-16H2,(H2,23,24,26). The van der Waals surface area contributed by atoms with Crippen LogP contribution >= 0.6 is 0 Å². The van der Waals surface area contributed by atoms with E-state index < -0.39 is 15.8 Å². The predicted molar refractivity (Wildman–Crippen MR) is 111 cm³/mol. The molecular weight excluding hydrogens is 393 g/mol. The van der Waals surface area contributed by atoms with E-state index in [1.54, 1.807) is 0 Å². The summed E-state index contributed by atoms with van der Waals surface area (Å²) in [6, 6.07) is 4.60. The van der Waals surface area contributed by atoms with Crippen LogP contribution in [0.2, 0.25) is 0 Å². The van der Waals surface area contributed by atoms with E-state index in [4.69, 9.17) is 0 Å². The first-order chi connectivity index (χ1) is 14.0. The molecule has 1 heterocycles. The highest BCUT2D eigenvalue weighted by atomic mass is 32.2. The first-order valence-corrected chi connectivity index (χ1v) is 12.2. The number of carbonyl (C=O) groups excluding carboxylic acids is 1. The summed E-state index contributed by atoms with van der Waals surface area (Å²) in [5.41, 5.74) is 0. The normalized spacial score (nSPS) is 22.4. The van der Waals surface area contributed by atoms with Gasteiger partial charge in [-0.15, -0.1) is 0 Å². The Kier molecular flexibility index (Phi) is 7.89. The summed E-state index contributed by atoms with van der Waals surface area (Å²) < 4.78 is 40.7. The number of piperidine rings is 1. The van der Waals surface area contributed by atoms with Crippen molar-refractivity contribution in [2.24, 2.45) is 0 Å². The van der Waals surface area contributed by atoms with Gasteiger partial charge >= 0.3 is 6.03 Å². The second-order valence-electron chi connectivity index (χ2n) is 8.12. The highest BCUT2D eigenvalue weighted by Crippen LogP contribution is 2.25.